The molecule has 0 fully saturated rings. The van der Waals surface area contributed by atoms with Crippen LogP contribution in [0.2, 0.25) is 5.02 Å². The standard InChI is InChI=1S/C9H11ClN2O/c10-7-3-1-2-6(4-7)8(5-11)9(12)13/h1-4,8H,5,11H2,(H2,12,13). The molecule has 1 aromatic rings. The van der Waals surface area contributed by atoms with Crippen molar-refractivity contribution in [1.82, 2.24) is 0 Å². The van der Waals surface area contributed by atoms with Gasteiger partial charge in [0.2, 0.25) is 5.91 Å². The average Bonchev–Trinajstić information content (AvgIpc) is 2.04. The lowest BCUT2D eigenvalue weighted by Gasteiger charge is -2.10. The Labute approximate surface area is 81.7 Å². The average molecular weight is 199 g/mol. The molecule has 0 heterocycles. The van der Waals surface area contributed by atoms with Crippen molar-refractivity contribution in [2.75, 3.05) is 6.54 Å². The Morgan fingerprint density at radius 2 is 2.23 bits per heavy atom. The van der Waals surface area contributed by atoms with E-state index in [0.29, 0.717) is 5.02 Å². The number of rotatable bonds is 3. The molecule has 0 aliphatic rings. The summed E-state index contributed by atoms with van der Waals surface area (Å²) in [4.78, 5) is 10.9. The first-order valence-corrected chi connectivity index (χ1v) is 4.27. The quantitative estimate of drug-likeness (QED) is 0.757. The van der Waals surface area contributed by atoms with Gasteiger partial charge < -0.3 is 11.5 Å². The lowest BCUT2D eigenvalue weighted by molar-refractivity contribution is -0.119. The SMILES string of the molecule is NCC(C(N)=O)c1cccc(Cl)c1. The zero-order chi connectivity index (χ0) is 9.84. The Balaban J connectivity index is 2.98. The molecule has 1 atom stereocenters. The van der Waals surface area contributed by atoms with Crippen molar-refractivity contribution >= 4 is 17.5 Å². The van der Waals surface area contributed by atoms with Crippen molar-refractivity contribution in [3.63, 3.8) is 0 Å². The first-order chi connectivity index (χ1) is 6.15. The fourth-order valence-electron chi connectivity index (χ4n) is 1.14. The number of hydrogen-bond donors (Lipinski definition) is 2. The molecule has 4 heteroatoms. The number of carbonyl (C=O) groups excluding carboxylic acids is 1. The first kappa shape index (κ1) is 10.0. The number of hydrogen-bond acceptors (Lipinski definition) is 2. The molecule has 1 rings (SSSR count). The minimum Gasteiger partial charge on any atom is -0.369 e. The van der Waals surface area contributed by atoms with E-state index in [0.717, 1.165) is 5.56 Å². The van der Waals surface area contributed by atoms with Gasteiger partial charge in [-0.15, -0.1) is 0 Å². The van der Waals surface area contributed by atoms with E-state index in [1.165, 1.54) is 0 Å². The molecule has 4 N–H and O–H groups in total. The van der Waals surface area contributed by atoms with E-state index in [1.54, 1.807) is 24.3 Å². The van der Waals surface area contributed by atoms with Crippen molar-refractivity contribution in [3.05, 3.63) is 34.9 Å². The van der Waals surface area contributed by atoms with Gasteiger partial charge in [-0.3, -0.25) is 4.79 Å². The van der Waals surface area contributed by atoms with Gasteiger partial charge >= 0.3 is 0 Å². The van der Waals surface area contributed by atoms with Crippen LogP contribution < -0.4 is 11.5 Å². The van der Waals surface area contributed by atoms with E-state index in [9.17, 15) is 4.79 Å². The van der Waals surface area contributed by atoms with Crippen LogP contribution in [0.4, 0.5) is 0 Å². The van der Waals surface area contributed by atoms with Crippen LogP contribution in [0.3, 0.4) is 0 Å². The van der Waals surface area contributed by atoms with Gasteiger partial charge in [0.1, 0.15) is 0 Å². The van der Waals surface area contributed by atoms with E-state index < -0.39 is 11.8 Å². The van der Waals surface area contributed by atoms with Gasteiger partial charge in [-0.2, -0.15) is 0 Å². The smallest absolute Gasteiger partial charge is 0.226 e. The molecule has 1 aromatic carbocycles. The second-order valence-corrected chi connectivity index (χ2v) is 3.18. The van der Waals surface area contributed by atoms with Crippen LogP contribution >= 0.6 is 11.6 Å². The van der Waals surface area contributed by atoms with Crippen LogP contribution in [0.25, 0.3) is 0 Å². The molecule has 0 aliphatic heterocycles. The summed E-state index contributed by atoms with van der Waals surface area (Å²) in [6.45, 7) is 0.204. The number of nitrogens with two attached hydrogens (primary N) is 2. The van der Waals surface area contributed by atoms with E-state index in [-0.39, 0.29) is 6.54 Å². The van der Waals surface area contributed by atoms with Crippen molar-refractivity contribution in [1.29, 1.82) is 0 Å². The molecule has 0 aliphatic carbocycles. The number of carbonyl (C=O) groups is 1. The first-order valence-electron chi connectivity index (χ1n) is 3.90. The fourth-order valence-corrected chi connectivity index (χ4v) is 1.34. The third kappa shape index (κ3) is 2.44. The molecule has 0 spiro atoms. The van der Waals surface area contributed by atoms with E-state index in [1.807, 2.05) is 0 Å². The summed E-state index contributed by atoms with van der Waals surface area (Å²) in [5, 5.41) is 0.581. The highest BCUT2D eigenvalue weighted by atomic mass is 35.5. The second-order valence-electron chi connectivity index (χ2n) is 2.75. The number of halogens is 1. The minimum absolute atomic E-state index is 0.204. The summed E-state index contributed by atoms with van der Waals surface area (Å²) in [6, 6.07) is 6.99. The van der Waals surface area contributed by atoms with E-state index in [4.69, 9.17) is 23.1 Å². The zero-order valence-corrected chi connectivity index (χ0v) is 7.79. The van der Waals surface area contributed by atoms with Crippen LogP contribution in [0.15, 0.2) is 24.3 Å². The lowest BCUT2D eigenvalue weighted by atomic mass is 9.99. The Morgan fingerprint density at radius 1 is 1.54 bits per heavy atom. The largest absolute Gasteiger partial charge is 0.369 e. The van der Waals surface area contributed by atoms with Crippen molar-refractivity contribution in [2.45, 2.75) is 5.92 Å². The summed E-state index contributed by atoms with van der Waals surface area (Å²) < 4.78 is 0. The molecule has 70 valence electrons. The Morgan fingerprint density at radius 3 is 2.69 bits per heavy atom. The molecule has 13 heavy (non-hydrogen) atoms. The lowest BCUT2D eigenvalue weighted by Crippen LogP contribution is -2.27. The van der Waals surface area contributed by atoms with Gasteiger partial charge in [-0.1, -0.05) is 23.7 Å². The van der Waals surface area contributed by atoms with Crippen LogP contribution in [-0.4, -0.2) is 12.5 Å². The second kappa shape index (κ2) is 4.25. The van der Waals surface area contributed by atoms with Crippen molar-refractivity contribution < 1.29 is 4.79 Å². The fraction of sp³-hybridized carbons (Fsp3) is 0.222. The van der Waals surface area contributed by atoms with Gasteiger partial charge in [-0.05, 0) is 17.7 Å². The molecular weight excluding hydrogens is 188 g/mol. The number of primary amides is 1. The molecule has 1 amide bonds. The molecule has 0 bridgehead atoms. The van der Waals surface area contributed by atoms with Crippen LogP contribution in [0.1, 0.15) is 11.5 Å². The Kier molecular flexibility index (Phi) is 3.28. The molecule has 0 saturated carbocycles. The van der Waals surface area contributed by atoms with Gasteiger partial charge in [0.25, 0.3) is 0 Å². The van der Waals surface area contributed by atoms with Gasteiger partial charge in [-0.25, -0.2) is 0 Å². The van der Waals surface area contributed by atoms with E-state index in [2.05, 4.69) is 0 Å². The van der Waals surface area contributed by atoms with Gasteiger partial charge in [0, 0.05) is 11.6 Å². The number of amides is 1. The zero-order valence-electron chi connectivity index (χ0n) is 7.03. The summed E-state index contributed by atoms with van der Waals surface area (Å²) >= 11 is 5.76. The predicted octanol–water partition coefficient (Wildman–Crippen LogP) is 0.868. The Hall–Kier alpha value is -1.06. The van der Waals surface area contributed by atoms with E-state index >= 15 is 0 Å². The third-order valence-corrected chi connectivity index (χ3v) is 2.07. The van der Waals surface area contributed by atoms with Crippen LogP contribution in [0, 0.1) is 0 Å². The summed E-state index contributed by atoms with van der Waals surface area (Å²) in [5.74, 6) is -0.872. The highest BCUT2D eigenvalue weighted by Crippen LogP contribution is 2.18. The van der Waals surface area contributed by atoms with Gasteiger partial charge in [0.05, 0.1) is 5.92 Å². The summed E-state index contributed by atoms with van der Waals surface area (Å²) in [5.41, 5.74) is 11.3. The maximum atomic E-state index is 10.9. The summed E-state index contributed by atoms with van der Waals surface area (Å²) in [6.07, 6.45) is 0. The maximum Gasteiger partial charge on any atom is 0.226 e. The monoisotopic (exact) mass is 198 g/mol. The van der Waals surface area contributed by atoms with Gasteiger partial charge in [0.15, 0.2) is 0 Å². The molecule has 3 nitrogen and oxygen atoms in total. The normalized spacial score (nSPS) is 12.5. The minimum atomic E-state index is -0.446. The highest BCUT2D eigenvalue weighted by molar-refractivity contribution is 6.30. The summed E-state index contributed by atoms with van der Waals surface area (Å²) in [7, 11) is 0. The highest BCUT2D eigenvalue weighted by Gasteiger charge is 2.15. The maximum absolute atomic E-state index is 10.9. The van der Waals surface area contributed by atoms with Crippen molar-refractivity contribution in [2.24, 2.45) is 11.5 Å². The van der Waals surface area contributed by atoms with Crippen LogP contribution in [-0.2, 0) is 4.79 Å². The van der Waals surface area contributed by atoms with Crippen LogP contribution in [0.5, 0.6) is 0 Å². The molecule has 0 aromatic heterocycles. The molecular formula is C9H11ClN2O. The number of benzene rings is 1. The third-order valence-electron chi connectivity index (χ3n) is 1.83. The predicted molar refractivity (Wildman–Crippen MR) is 52.4 cm³/mol. The Bertz CT molecular complexity index is 314. The topological polar surface area (TPSA) is 69.1 Å². The molecule has 0 saturated heterocycles. The molecule has 1 unspecified atom stereocenters. The van der Waals surface area contributed by atoms with Crippen molar-refractivity contribution in [3.8, 4) is 0 Å². The molecule has 0 radical (unpaired) electrons.